The van der Waals surface area contributed by atoms with Crippen molar-refractivity contribution in [3.05, 3.63) is 24.3 Å². The van der Waals surface area contributed by atoms with Gasteiger partial charge in [0.1, 0.15) is 12.5 Å². The predicted molar refractivity (Wildman–Crippen MR) is 88.1 cm³/mol. The maximum Gasteiger partial charge on any atom is 0.174 e. The normalized spacial score (nSPS) is 28.8. The molecule has 4 heterocycles. The van der Waals surface area contributed by atoms with Crippen molar-refractivity contribution in [3.8, 4) is 0 Å². The van der Waals surface area contributed by atoms with Crippen LogP contribution in [0.1, 0.15) is 12.8 Å². The van der Waals surface area contributed by atoms with Gasteiger partial charge in [-0.15, -0.1) is 0 Å². The zero-order valence-electron chi connectivity index (χ0n) is 12.7. The lowest BCUT2D eigenvalue weighted by Gasteiger charge is -2.35. The Labute approximate surface area is 134 Å². The smallest absolute Gasteiger partial charge is 0.174 e. The van der Waals surface area contributed by atoms with Gasteiger partial charge in [0, 0.05) is 19.3 Å². The molecule has 0 amide bonds. The highest BCUT2D eigenvalue weighted by Crippen LogP contribution is 2.39. The largest absolute Gasteiger partial charge is 0.342 e. The monoisotopic (exact) mass is 310 g/mol. The van der Waals surface area contributed by atoms with Gasteiger partial charge >= 0.3 is 0 Å². The summed E-state index contributed by atoms with van der Waals surface area (Å²) in [5.41, 5.74) is 2.03. The van der Waals surface area contributed by atoms with E-state index in [-0.39, 0.29) is 12.1 Å². The van der Waals surface area contributed by atoms with Crippen molar-refractivity contribution in [1.82, 2.24) is 10.1 Å². The van der Waals surface area contributed by atoms with E-state index < -0.39 is 0 Å². The first-order valence-corrected chi connectivity index (χ1v) is 8.07. The fourth-order valence-electron chi connectivity index (χ4n) is 3.62. The van der Waals surface area contributed by atoms with Gasteiger partial charge < -0.3 is 5.32 Å². The van der Waals surface area contributed by atoms with E-state index in [1.807, 2.05) is 28.5 Å². The Morgan fingerprint density at radius 3 is 2.87 bits per heavy atom. The number of benzene rings is 1. The van der Waals surface area contributed by atoms with Crippen LogP contribution in [0.15, 0.2) is 44.7 Å². The molecule has 4 aliphatic rings. The maximum atomic E-state index is 4.58. The number of nitrogens with one attached hydrogen (secondary N) is 1. The van der Waals surface area contributed by atoms with Crippen LogP contribution in [-0.4, -0.2) is 48.1 Å². The number of amidine groups is 1. The van der Waals surface area contributed by atoms with Gasteiger partial charge in [0.05, 0.1) is 17.3 Å². The van der Waals surface area contributed by atoms with Gasteiger partial charge in [0.25, 0.3) is 0 Å². The van der Waals surface area contributed by atoms with Gasteiger partial charge in [0.2, 0.25) is 0 Å². The first-order valence-electron chi connectivity index (χ1n) is 8.07. The number of para-hydroxylation sites is 2. The molecule has 0 aliphatic carbocycles. The molecule has 118 valence electrons. The van der Waals surface area contributed by atoms with Crippen LogP contribution in [0.4, 0.5) is 11.4 Å². The first kappa shape index (κ1) is 13.0. The number of rotatable bonds is 1. The van der Waals surface area contributed by atoms with Crippen molar-refractivity contribution in [2.24, 2.45) is 26.3 Å². The molecule has 0 radical (unpaired) electrons. The van der Waals surface area contributed by atoms with Gasteiger partial charge in [-0.2, -0.15) is 5.12 Å². The summed E-state index contributed by atoms with van der Waals surface area (Å²) < 4.78 is 0. The number of hydrazine groups is 1. The summed E-state index contributed by atoms with van der Waals surface area (Å²) in [6.45, 7) is 2.52. The standard InChI is InChI=1S/C15H18N8/c1-2-6-13-12(5-1)18-14-11(9-16-10-17-14)15-22(13)19-20-23(15)21-7-3-4-8-21/h1-2,5-6,9,11,15H,3-4,7-8,10H2,(H,17,18). The highest BCUT2D eigenvalue weighted by Gasteiger charge is 2.45. The number of fused-ring (bicyclic) bond motifs is 5. The van der Waals surface area contributed by atoms with Crippen molar-refractivity contribution in [2.75, 3.05) is 30.1 Å². The Morgan fingerprint density at radius 2 is 1.96 bits per heavy atom. The summed E-state index contributed by atoms with van der Waals surface area (Å²) in [4.78, 5) is 8.96. The summed E-state index contributed by atoms with van der Waals surface area (Å²) in [5, 5.41) is 18.7. The average Bonchev–Trinajstić information content (AvgIpc) is 3.22. The minimum Gasteiger partial charge on any atom is -0.342 e. The van der Waals surface area contributed by atoms with Gasteiger partial charge in [0.15, 0.2) is 6.17 Å². The second kappa shape index (κ2) is 5.02. The summed E-state index contributed by atoms with van der Waals surface area (Å²) in [7, 11) is 0. The van der Waals surface area contributed by atoms with E-state index in [9.17, 15) is 0 Å². The molecule has 5 rings (SSSR count). The molecular weight excluding hydrogens is 292 g/mol. The van der Waals surface area contributed by atoms with Crippen molar-refractivity contribution in [1.29, 1.82) is 0 Å². The van der Waals surface area contributed by atoms with Crippen LogP contribution >= 0.6 is 0 Å². The summed E-state index contributed by atoms with van der Waals surface area (Å²) >= 11 is 0. The molecule has 0 bridgehead atoms. The summed E-state index contributed by atoms with van der Waals surface area (Å²) in [6, 6.07) is 8.16. The Balaban J connectivity index is 1.61. The lowest BCUT2D eigenvalue weighted by Crippen LogP contribution is -2.53. The quantitative estimate of drug-likeness (QED) is 0.860. The maximum absolute atomic E-state index is 4.58. The second-order valence-electron chi connectivity index (χ2n) is 6.10. The van der Waals surface area contributed by atoms with Crippen LogP contribution in [0.2, 0.25) is 0 Å². The van der Waals surface area contributed by atoms with E-state index in [1.165, 1.54) is 12.8 Å². The highest BCUT2D eigenvalue weighted by molar-refractivity contribution is 6.09. The number of anilines is 2. The van der Waals surface area contributed by atoms with Gasteiger partial charge in [-0.05, 0) is 35.4 Å². The minimum atomic E-state index is -0.0490. The molecule has 8 nitrogen and oxygen atoms in total. The average molecular weight is 310 g/mol. The molecular formula is C15H18N8. The molecule has 0 spiro atoms. The van der Waals surface area contributed by atoms with E-state index in [0.29, 0.717) is 6.67 Å². The topological polar surface area (TPSA) is 71.2 Å². The molecule has 23 heavy (non-hydrogen) atoms. The summed E-state index contributed by atoms with van der Waals surface area (Å²) in [5.74, 6) is 0.961. The van der Waals surface area contributed by atoms with Crippen LogP contribution in [0, 0.1) is 5.92 Å². The zero-order chi connectivity index (χ0) is 15.2. The third kappa shape index (κ3) is 1.94. The van der Waals surface area contributed by atoms with Crippen molar-refractivity contribution in [2.45, 2.75) is 19.0 Å². The number of hydrogen-bond acceptors (Lipinski definition) is 8. The third-order valence-corrected chi connectivity index (χ3v) is 4.73. The van der Waals surface area contributed by atoms with E-state index in [0.717, 1.165) is 30.3 Å². The lowest BCUT2D eigenvalue weighted by molar-refractivity contribution is -0.0320. The molecule has 1 N–H and O–H groups in total. The van der Waals surface area contributed by atoms with E-state index in [1.54, 1.807) is 0 Å². The molecule has 1 saturated heterocycles. The zero-order valence-corrected chi connectivity index (χ0v) is 12.7. The molecule has 1 fully saturated rings. The molecule has 1 aromatic carbocycles. The van der Waals surface area contributed by atoms with Gasteiger partial charge in [-0.25, -0.2) is 15.0 Å². The Hall–Kier alpha value is -2.48. The predicted octanol–water partition coefficient (Wildman–Crippen LogP) is 1.91. The van der Waals surface area contributed by atoms with Crippen LogP contribution in [0.3, 0.4) is 0 Å². The third-order valence-electron chi connectivity index (χ3n) is 4.73. The van der Waals surface area contributed by atoms with Gasteiger partial charge in [-0.3, -0.25) is 4.99 Å². The Kier molecular flexibility index (Phi) is 2.84. The van der Waals surface area contributed by atoms with Crippen LogP contribution in [-0.2, 0) is 0 Å². The minimum absolute atomic E-state index is 0.0201. The van der Waals surface area contributed by atoms with Crippen LogP contribution in [0.5, 0.6) is 0 Å². The van der Waals surface area contributed by atoms with E-state index in [4.69, 9.17) is 0 Å². The van der Waals surface area contributed by atoms with Crippen molar-refractivity contribution < 1.29 is 0 Å². The Bertz CT molecular complexity index is 705. The van der Waals surface area contributed by atoms with Crippen molar-refractivity contribution in [3.63, 3.8) is 0 Å². The Morgan fingerprint density at radius 1 is 1.09 bits per heavy atom. The molecule has 4 aliphatic heterocycles. The number of nitrogens with zero attached hydrogens (tertiary/aromatic N) is 7. The molecule has 2 atom stereocenters. The molecule has 8 heteroatoms. The SMILES string of the molecule is C1=NCN=C2Nc3ccccc3N3N=NN(N4CCCC4)C3C12. The number of aliphatic imine (C=N–C) groups is 2. The molecule has 2 unspecified atom stereocenters. The van der Waals surface area contributed by atoms with Crippen LogP contribution in [0.25, 0.3) is 0 Å². The summed E-state index contributed by atoms with van der Waals surface area (Å²) in [6.07, 6.45) is 4.34. The molecule has 0 saturated carbocycles. The van der Waals surface area contributed by atoms with Gasteiger partial charge in [-0.1, -0.05) is 12.1 Å². The first-order chi connectivity index (χ1) is 11.4. The molecule has 1 aromatic rings. The second-order valence-corrected chi connectivity index (χ2v) is 6.10. The van der Waals surface area contributed by atoms with Crippen LogP contribution < -0.4 is 10.3 Å². The molecule has 0 aromatic heterocycles. The number of hydrogen-bond donors (Lipinski definition) is 1. The van der Waals surface area contributed by atoms with Crippen molar-refractivity contribution >= 4 is 23.4 Å². The highest BCUT2D eigenvalue weighted by atomic mass is 15.9. The lowest BCUT2D eigenvalue weighted by atomic mass is 10.1. The van der Waals surface area contributed by atoms with E-state index in [2.05, 4.69) is 42.9 Å². The fraction of sp³-hybridized carbons (Fsp3) is 0.467. The fourth-order valence-corrected chi connectivity index (χ4v) is 3.62. The van der Waals surface area contributed by atoms with E-state index >= 15 is 0 Å².